The fourth-order valence-corrected chi connectivity index (χ4v) is 4.48. The lowest BCUT2D eigenvalue weighted by Gasteiger charge is -2.28. The first-order chi connectivity index (χ1) is 19.5. The van der Waals surface area contributed by atoms with Crippen molar-refractivity contribution in [2.45, 2.75) is 37.8 Å². The predicted octanol–water partition coefficient (Wildman–Crippen LogP) is 4.87. The molecule has 0 fully saturated rings. The molecular weight excluding hydrogens is 542 g/mol. The lowest BCUT2D eigenvalue weighted by molar-refractivity contribution is -0.147. The average molecular weight is 572 g/mol. The number of para-hydroxylation sites is 1. The fourth-order valence-electron chi connectivity index (χ4n) is 4.48. The van der Waals surface area contributed by atoms with Gasteiger partial charge >= 0.3 is 6.18 Å². The molecule has 0 bridgehead atoms. The Morgan fingerprint density at radius 1 is 0.878 bits per heavy atom. The van der Waals surface area contributed by atoms with Crippen LogP contribution in [0.2, 0.25) is 0 Å². The first kappa shape index (κ1) is 29.7. The minimum absolute atomic E-state index is 0.105. The molecule has 216 valence electrons. The average Bonchev–Trinajstić information content (AvgIpc) is 3.04. The second-order valence-electron chi connectivity index (χ2n) is 9.66. The van der Waals surface area contributed by atoms with Gasteiger partial charge in [-0.25, -0.2) is 4.39 Å². The molecule has 0 spiro atoms. The molecule has 1 aliphatic rings. The number of benzene rings is 3. The van der Waals surface area contributed by atoms with Crippen LogP contribution in [0.3, 0.4) is 0 Å². The van der Waals surface area contributed by atoms with E-state index in [-0.39, 0.29) is 13.2 Å². The number of rotatable bonds is 10. The van der Waals surface area contributed by atoms with Crippen LogP contribution in [-0.2, 0) is 25.7 Å². The maximum Gasteiger partial charge on any atom is 0.390 e. The molecule has 0 aromatic heterocycles. The minimum atomic E-state index is -4.57. The van der Waals surface area contributed by atoms with Gasteiger partial charge in [-0.15, -0.1) is 0 Å². The number of hydrogen-bond donors (Lipinski definition) is 2. The van der Waals surface area contributed by atoms with Crippen LogP contribution in [0.5, 0.6) is 0 Å². The van der Waals surface area contributed by atoms with E-state index < -0.39 is 48.6 Å². The van der Waals surface area contributed by atoms with Crippen LogP contribution in [0, 0.1) is 0 Å². The third kappa shape index (κ3) is 7.10. The summed E-state index contributed by atoms with van der Waals surface area (Å²) >= 11 is 0. The molecule has 0 aliphatic carbocycles. The Morgan fingerprint density at radius 3 is 2.22 bits per heavy atom. The van der Waals surface area contributed by atoms with E-state index in [1.165, 1.54) is 4.90 Å². The van der Waals surface area contributed by atoms with Crippen LogP contribution < -0.4 is 15.5 Å². The molecule has 11 heteroatoms. The Balaban J connectivity index is 1.57. The molecule has 1 aliphatic heterocycles. The SMILES string of the molecule is C[C@@](F)(C(=O)NCCC(F)(F)F)C(=O)N[C@@H]1C(=O)N(CCOCc2ccccc2)c2ccccc2-c2ccccc21. The van der Waals surface area contributed by atoms with Gasteiger partial charge in [0.15, 0.2) is 0 Å². The lowest BCUT2D eigenvalue weighted by atomic mass is 9.95. The molecule has 41 heavy (non-hydrogen) atoms. The van der Waals surface area contributed by atoms with Crippen molar-refractivity contribution in [1.29, 1.82) is 0 Å². The van der Waals surface area contributed by atoms with Crippen LogP contribution >= 0.6 is 0 Å². The highest BCUT2D eigenvalue weighted by molar-refractivity contribution is 6.11. The van der Waals surface area contributed by atoms with Crippen molar-refractivity contribution in [3.8, 4) is 11.1 Å². The van der Waals surface area contributed by atoms with Crippen molar-refractivity contribution in [2.75, 3.05) is 24.6 Å². The molecule has 3 aromatic rings. The lowest BCUT2D eigenvalue weighted by Crippen LogP contribution is -2.55. The van der Waals surface area contributed by atoms with Crippen LogP contribution in [0.4, 0.5) is 23.2 Å². The summed E-state index contributed by atoms with van der Waals surface area (Å²) in [6.07, 6.45) is -5.95. The van der Waals surface area contributed by atoms with Gasteiger partial charge in [-0.2, -0.15) is 13.2 Å². The van der Waals surface area contributed by atoms with E-state index in [4.69, 9.17) is 4.74 Å². The largest absolute Gasteiger partial charge is 0.390 e. The van der Waals surface area contributed by atoms with E-state index in [2.05, 4.69) is 5.32 Å². The minimum Gasteiger partial charge on any atom is -0.375 e. The third-order valence-corrected chi connectivity index (χ3v) is 6.66. The molecular formula is C30H29F4N3O4. The monoisotopic (exact) mass is 571 g/mol. The van der Waals surface area contributed by atoms with Crippen LogP contribution in [0.15, 0.2) is 78.9 Å². The van der Waals surface area contributed by atoms with E-state index in [0.717, 1.165) is 5.56 Å². The number of hydrogen-bond acceptors (Lipinski definition) is 4. The number of amides is 3. The van der Waals surface area contributed by atoms with Gasteiger partial charge in [-0.05, 0) is 29.7 Å². The van der Waals surface area contributed by atoms with Gasteiger partial charge in [-0.3, -0.25) is 14.4 Å². The molecule has 4 rings (SSSR count). The van der Waals surface area contributed by atoms with Gasteiger partial charge in [0.2, 0.25) is 0 Å². The Hall–Kier alpha value is -4.25. The van der Waals surface area contributed by atoms with Crippen molar-refractivity contribution in [2.24, 2.45) is 0 Å². The standard InChI is InChI=1S/C30H29F4N3O4/c1-29(31,27(39)35-16-15-30(32,33)34)28(40)36-25-23-13-6-5-11-21(23)22-12-7-8-14-24(22)37(26(25)38)17-18-41-19-20-9-3-2-4-10-20/h2-14,25H,15-19H2,1H3,(H,35,39)(H,36,40)/t25-,29+/m0/s1. The first-order valence-corrected chi connectivity index (χ1v) is 13.0. The molecule has 0 unspecified atom stereocenters. The molecule has 0 radical (unpaired) electrons. The van der Waals surface area contributed by atoms with Gasteiger partial charge in [0.25, 0.3) is 23.4 Å². The maximum atomic E-state index is 15.4. The maximum absolute atomic E-state index is 15.4. The number of anilines is 1. The zero-order valence-electron chi connectivity index (χ0n) is 22.2. The van der Waals surface area contributed by atoms with Crippen molar-refractivity contribution >= 4 is 23.4 Å². The molecule has 7 nitrogen and oxygen atoms in total. The number of halogens is 4. The van der Waals surface area contributed by atoms with Gasteiger partial charge < -0.3 is 20.3 Å². The molecule has 1 heterocycles. The summed E-state index contributed by atoms with van der Waals surface area (Å²) in [7, 11) is 0. The Bertz CT molecular complexity index is 1400. The van der Waals surface area contributed by atoms with E-state index in [9.17, 15) is 27.6 Å². The summed E-state index contributed by atoms with van der Waals surface area (Å²) in [5.74, 6) is -3.59. The van der Waals surface area contributed by atoms with E-state index in [1.807, 2.05) is 36.4 Å². The second-order valence-corrected chi connectivity index (χ2v) is 9.66. The summed E-state index contributed by atoms with van der Waals surface area (Å²) in [5.41, 5.74) is -0.0572. The number of carbonyl (C=O) groups is 3. The quantitative estimate of drug-likeness (QED) is 0.207. The van der Waals surface area contributed by atoms with E-state index in [0.29, 0.717) is 35.9 Å². The summed E-state index contributed by atoms with van der Waals surface area (Å²) in [6, 6.07) is 22.0. The van der Waals surface area contributed by atoms with Crippen LogP contribution in [0.1, 0.15) is 30.5 Å². The molecule has 3 amide bonds. The highest BCUT2D eigenvalue weighted by atomic mass is 19.4. The first-order valence-electron chi connectivity index (χ1n) is 13.0. The second kappa shape index (κ2) is 12.5. The van der Waals surface area contributed by atoms with Gasteiger partial charge in [0, 0.05) is 18.7 Å². The van der Waals surface area contributed by atoms with Gasteiger partial charge in [-0.1, -0.05) is 72.8 Å². The summed E-state index contributed by atoms with van der Waals surface area (Å²) < 4.78 is 58.6. The zero-order valence-corrected chi connectivity index (χ0v) is 22.2. The number of carbonyl (C=O) groups excluding carboxylic acids is 3. The molecule has 0 saturated heterocycles. The van der Waals surface area contributed by atoms with Crippen molar-refractivity contribution in [1.82, 2.24) is 10.6 Å². The number of fused-ring (bicyclic) bond motifs is 3. The summed E-state index contributed by atoms with van der Waals surface area (Å²) in [4.78, 5) is 40.8. The summed E-state index contributed by atoms with van der Waals surface area (Å²) in [5, 5.41) is 4.15. The number of alkyl halides is 4. The Kier molecular flexibility index (Phi) is 9.07. The fraction of sp³-hybridized carbons (Fsp3) is 0.300. The molecule has 0 saturated carbocycles. The third-order valence-electron chi connectivity index (χ3n) is 6.66. The smallest absolute Gasteiger partial charge is 0.375 e. The van der Waals surface area contributed by atoms with Crippen molar-refractivity contribution < 1.29 is 36.7 Å². The van der Waals surface area contributed by atoms with E-state index in [1.54, 1.807) is 47.8 Å². The predicted molar refractivity (Wildman–Crippen MR) is 144 cm³/mol. The Labute approximate surface area is 234 Å². The number of ether oxygens (including phenoxy) is 1. The Morgan fingerprint density at radius 2 is 1.51 bits per heavy atom. The normalized spacial score (nSPS) is 16.2. The van der Waals surface area contributed by atoms with Crippen LogP contribution in [-0.4, -0.2) is 49.3 Å². The summed E-state index contributed by atoms with van der Waals surface area (Å²) in [6.45, 7) is 0.311. The zero-order chi connectivity index (χ0) is 29.6. The van der Waals surface area contributed by atoms with E-state index >= 15 is 4.39 Å². The highest BCUT2D eigenvalue weighted by Gasteiger charge is 2.45. The number of nitrogens with zero attached hydrogens (tertiary/aromatic N) is 1. The van der Waals surface area contributed by atoms with Gasteiger partial charge in [0.05, 0.1) is 25.3 Å². The highest BCUT2D eigenvalue weighted by Crippen LogP contribution is 2.40. The van der Waals surface area contributed by atoms with Crippen LogP contribution in [0.25, 0.3) is 11.1 Å². The molecule has 3 aromatic carbocycles. The van der Waals surface area contributed by atoms with Crippen molar-refractivity contribution in [3.05, 3.63) is 90.0 Å². The topological polar surface area (TPSA) is 87.7 Å². The molecule has 2 N–H and O–H groups in total. The van der Waals surface area contributed by atoms with Gasteiger partial charge in [0.1, 0.15) is 6.04 Å². The number of nitrogens with one attached hydrogen (secondary N) is 2. The molecule has 2 atom stereocenters. The van der Waals surface area contributed by atoms with Crippen molar-refractivity contribution in [3.63, 3.8) is 0 Å².